The van der Waals surface area contributed by atoms with Gasteiger partial charge in [-0.2, -0.15) is 0 Å². The van der Waals surface area contributed by atoms with Crippen molar-refractivity contribution < 1.29 is 9.53 Å². The molecule has 0 radical (unpaired) electrons. The van der Waals surface area contributed by atoms with Gasteiger partial charge in [-0.05, 0) is 37.1 Å². The van der Waals surface area contributed by atoms with Crippen LogP contribution in [0.25, 0.3) is 17.1 Å². The molecule has 1 fully saturated rings. The molecule has 1 aromatic heterocycles. The summed E-state index contributed by atoms with van der Waals surface area (Å²) >= 11 is 7.41. The van der Waals surface area contributed by atoms with Gasteiger partial charge in [-0.1, -0.05) is 53.7 Å². The van der Waals surface area contributed by atoms with Crippen LogP contribution in [0.1, 0.15) is 12.8 Å². The van der Waals surface area contributed by atoms with E-state index in [1.54, 1.807) is 0 Å². The lowest BCUT2D eigenvalue weighted by atomic mass is 10.2. The molecular weight excluding hydrogens is 408 g/mol. The molecule has 150 valence electrons. The van der Waals surface area contributed by atoms with Gasteiger partial charge in [-0.25, -0.2) is 0 Å². The lowest BCUT2D eigenvalue weighted by molar-refractivity contribution is -0.119. The number of aromatic nitrogens is 3. The highest BCUT2D eigenvalue weighted by atomic mass is 35.5. The van der Waals surface area contributed by atoms with Crippen molar-refractivity contribution in [3.63, 3.8) is 0 Å². The number of ether oxygens (including phenoxy) is 1. The number of carbonyl (C=O) groups excluding carboxylic acids is 1. The Morgan fingerprint density at radius 3 is 2.69 bits per heavy atom. The second kappa shape index (κ2) is 9.43. The number of rotatable bonds is 7. The van der Waals surface area contributed by atoms with Crippen LogP contribution in [-0.4, -0.2) is 45.7 Å². The van der Waals surface area contributed by atoms with Crippen LogP contribution in [0.15, 0.2) is 59.8 Å². The first kappa shape index (κ1) is 19.9. The van der Waals surface area contributed by atoms with E-state index < -0.39 is 0 Å². The molecule has 4 rings (SSSR count). The zero-order chi connectivity index (χ0) is 20.1. The third kappa shape index (κ3) is 4.98. The highest BCUT2D eigenvalue weighted by molar-refractivity contribution is 7.99. The number of nitrogens with one attached hydrogen (secondary N) is 1. The van der Waals surface area contributed by atoms with Gasteiger partial charge in [0.05, 0.1) is 11.9 Å². The van der Waals surface area contributed by atoms with Gasteiger partial charge in [-0.15, -0.1) is 10.2 Å². The van der Waals surface area contributed by atoms with Crippen molar-refractivity contribution in [1.29, 1.82) is 0 Å². The first-order valence-corrected chi connectivity index (χ1v) is 10.8. The fourth-order valence-electron chi connectivity index (χ4n) is 3.17. The molecule has 1 unspecified atom stereocenters. The van der Waals surface area contributed by atoms with Crippen LogP contribution in [0.5, 0.6) is 0 Å². The third-order valence-corrected chi connectivity index (χ3v) is 5.81. The summed E-state index contributed by atoms with van der Waals surface area (Å²) in [6.45, 7) is 1.33. The minimum absolute atomic E-state index is 0.0441. The molecule has 8 heteroatoms. The molecule has 1 N–H and O–H groups in total. The van der Waals surface area contributed by atoms with Crippen LogP contribution in [0.2, 0.25) is 5.02 Å². The molecule has 1 saturated heterocycles. The maximum absolute atomic E-state index is 12.3. The number of benzene rings is 2. The number of hydrogen-bond acceptors (Lipinski definition) is 5. The molecule has 0 bridgehead atoms. The van der Waals surface area contributed by atoms with Gasteiger partial charge in [0, 0.05) is 29.4 Å². The number of thioether (sulfide) groups is 1. The topological polar surface area (TPSA) is 69.0 Å². The maximum Gasteiger partial charge on any atom is 0.230 e. The monoisotopic (exact) mass is 428 g/mol. The predicted molar refractivity (Wildman–Crippen MR) is 115 cm³/mol. The lowest BCUT2D eigenvalue weighted by Gasteiger charge is -2.12. The van der Waals surface area contributed by atoms with E-state index in [1.807, 2.05) is 59.2 Å². The molecule has 0 saturated carbocycles. The Morgan fingerprint density at radius 2 is 1.97 bits per heavy atom. The summed E-state index contributed by atoms with van der Waals surface area (Å²) in [6, 6.07) is 17.3. The second-order valence-corrected chi connectivity index (χ2v) is 8.09. The van der Waals surface area contributed by atoms with E-state index in [0.717, 1.165) is 36.5 Å². The standard InChI is InChI=1S/C21H21ClN4O2S/c22-16-8-10-17(11-9-16)26-20(15-5-2-1-3-6-15)24-25-21(26)29-14-19(27)23-13-18-7-4-12-28-18/h1-3,5-6,8-11,18H,4,7,12-14H2,(H,23,27). The van der Waals surface area contributed by atoms with E-state index in [0.29, 0.717) is 16.7 Å². The Morgan fingerprint density at radius 1 is 1.17 bits per heavy atom. The molecule has 1 atom stereocenters. The molecular formula is C21H21ClN4O2S. The first-order valence-electron chi connectivity index (χ1n) is 9.48. The molecule has 1 aliphatic heterocycles. The Kier molecular flexibility index (Phi) is 6.49. The average Bonchev–Trinajstić information content (AvgIpc) is 3.42. The summed E-state index contributed by atoms with van der Waals surface area (Å²) in [7, 11) is 0. The summed E-state index contributed by atoms with van der Waals surface area (Å²) in [5.74, 6) is 0.931. The summed E-state index contributed by atoms with van der Waals surface area (Å²) < 4.78 is 7.49. The Bertz CT molecular complexity index is 957. The van der Waals surface area contributed by atoms with Crippen LogP contribution >= 0.6 is 23.4 Å². The fourth-order valence-corrected chi connectivity index (χ4v) is 4.08. The summed E-state index contributed by atoms with van der Waals surface area (Å²) in [4.78, 5) is 12.3. The van der Waals surface area contributed by atoms with E-state index in [-0.39, 0.29) is 17.8 Å². The van der Waals surface area contributed by atoms with E-state index in [2.05, 4.69) is 15.5 Å². The van der Waals surface area contributed by atoms with E-state index >= 15 is 0 Å². The molecule has 1 amide bonds. The summed E-state index contributed by atoms with van der Waals surface area (Å²) in [5, 5.41) is 13.0. The van der Waals surface area contributed by atoms with Crippen molar-refractivity contribution in [2.24, 2.45) is 0 Å². The van der Waals surface area contributed by atoms with Crippen LogP contribution < -0.4 is 5.32 Å². The quantitative estimate of drug-likeness (QED) is 0.576. The van der Waals surface area contributed by atoms with Gasteiger partial charge < -0.3 is 10.1 Å². The van der Waals surface area contributed by atoms with Crippen molar-refractivity contribution in [1.82, 2.24) is 20.1 Å². The van der Waals surface area contributed by atoms with Gasteiger partial charge in [0.1, 0.15) is 0 Å². The van der Waals surface area contributed by atoms with Crippen LogP contribution in [0.3, 0.4) is 0 Å². The van der Waals surface area contributed by atoms with Gasteiger partial charge in [0.15, 0.2) is 11.0 Å². The number of amides is 1. The van der Waals surface area contributed by atoms with Crippen molar-refractivity contribution in [2.45, 2.75) is 24.1 Å². The second-order valence-electron chi connectivity index (χ2n) is 6.71. The highest BCUT2D eigenvalue weighted by Gasteiger charge is 2.19. The smallest absolute Gasteiger partial charge is 0.230 e. The average molecular weight is 429 g/mol. The molecule has 2 aromatic carbocycles. The third-order valence-electron chi connectivity index (χ3n) is 4.63. The molecule has 1 aliphatic rings. The maximum atomic E-state index is 12.3. The first-order chi connectivity index (χ1) is 14.2. The molecule has 2 heterocycles. The van der Waals surface area contributed by atoms with Gasteiger partial charge in [-0.3, -0.25) is 9.36 Å². The predicted octanol–water partition coefficient (Wildman–Crippen LogP) is 3.98. The summed E-state index contributed by atoms with van der Waals surface area (Å²) in [5.41, 5.74) is 1.84. The van der Waals surface area contributed by atoms with E-state index in [9.17, 15) is 4.79 Å². The van der Waals surface area contributed by atoms with E-state index in [1.165, 1.54) is 11.8 Å². The zero-order valence-electron chi connectivity index (χ0n) is 15.8. The van der Waals surface area contributed by atoms with Crippen molar-refractivity contribution in [3.8, 4) is 17.1 Å². The largest absolute Gasteiger partial charge is 0.376 e. The van der Waals surface area contributed by atoms with E-state index in [4.69, 9.17) is 16.3 Å². The van der Waals surface area contributed by atoms with Gasteiger partial charge >= 0.3 is 0 Å². The zero-order valence-corrected chi connectivity index (χ0v) is 17.3. The van der Waals surface area contributed by atoms with Crippen molar-refractivity contribution in [2.75, 3.05) is 18.9 Å². The minimum Gasteiger partial charge on any atom is -0.376 e. The minimum atomic E-state index is -0.0441. The molecule has 6 nitrogen and oxygen atoms in total. The van der Waals surface area contributed by atoms with Crippen LogP contribution in [0.4, 0.5) is 0 Å². The highest BCUT2D eigenvalue weighted by Crippen LogP contribution is 2.28. The Labute approximate surface area is 178 Å². The number of carbonyl (C=O) groups is 1. The molecule has 0 spiro atoms. The molecule has 0 aliphatic carbocycles. The van der Waals surface area contributed by atoms with Crippen molar-refractivity contribution >= 4 is 29.3 Å². The number of halogens is 1. The number of hydrogen-bond donors (Lipinski definition) is 1. The van der Waals surface area contributed by atoms with Gasteiger partial charge in [0.25, 0.3) is 0 Å². The fraction of sp³-hybridized carbons (Fsp3) is 0.286. The van der Waals surface area contributed by atoms with Crippen LogP contribution in [0, 0.1) is 0 Å². The van der Waals surface area contributed by atoms with Crippen LogP contribution in [-0.2, 0) is 9.53 Å². The van der Waals surface area contributed by atoms with Crippen molar-refractivity contribution in [3.05, 3.63) is 59.6 Å². The Hall–Kier alpha value is -2.35. The number of nitrogens with zero attached hydrogens (tertiary/aromatic N) is 3. The summed E-state index contributed by atoms with van der Waals surface area (Å²) in [6.07, 6.45) is 2.19. The SMILES string of the molecule is O=C(CSc1nnc(-c2ccccc2)n1-c1ccc(Cl)cc1)NCC1CCCO1. The normalized spacial score (nSPS) is 16.1. The Balaban J connectivity index is 1.52. The van der Waals surface area contributed by atoms with Gasteiger partial charge in [0.2, 0.25) is 5.91 Å². The molecule has 29 heavy (non-hydrogen) atoms. The lowest BCUT2D eigenvalue weighted by Crippen LogP contribution is -2.32. The molecule has 3 aromatic rings.